The van der Waals surface area contributed by atoms with Gasteiger partial charge in [0.05, 0.1) is 6.54 Å². The van der Waals surface area contributed by atoms with Gasteiger partial charge >= 0.3 is 5.69 Å². The highest BCUT2D eigenvalue weighted by molar-refractivity contribution is 5.34. The summed E-state index contributed by atoms with van der Waals surface area (Å²) in [6, 6.07) is 4.33. The number of nitrogens with one attached hydrogen (secondary N) is 1. The van der Waals surface area contributed by atoms with E-state index in [0.29, 0.717) is 12.6 Å². The van der Waals surface area contributed by atoms with Gasteiger partial charge in [-0.05, 0) is 24.5 Å². The third-order valence-electron chi connectivity index (χ3n) is 3.25. The SMILES string of the molecule is CNc1ccc(Cn2ccn(C3CC3)c2=O)cn1. The molecule has 1 N–H and O–H groups in total. The third-order valence-corrected chi connectivity index (χ3v) is 3.25. The molecule has 1 aliphatic rings. The molecule has 0 atom stereocenters. The molecule has 0 bridgehead atoms. The third kappa shape index (κ3) is 2.03. The summed E-state index contributed by atoms with van der Waals surface area (Å²) in [5.74, 6) is 0.835. The van der Waals surface area contributed by atoms with Crippen LogP contribution in [0.1, 0.15) is 24.4 Å². The van der Waals surface area contributed by atoms with Crippen LogP contribution < -0.4 is 11.0 Å². The van der Waals surface area contributed by atoms with E-state index >= 15 is 0 Å². The van der Waals surface area contributed by atoms with Crippen molar-refractivity contribution in [3.8, 4) is 0 Å². The monoisotopic (exact) mass is 244 g/mol. The molecule has 5 nitrogen and oxygen atoms in total. The molecule has 2 heterocycles. The second-order valence-corrected chi connectivity index (χ2v) is 4.65. The van der Waals surface area contributed by atoms with Crippen molar-refractivity contribution in [3.05, 3.63) is 46.8 Å². The largest absolute Gasteiger partial charge is 0.373 e. The van der Waals surface area contributed by atoms with Gasteiger partial charge < -0.3 is 5.32 Å². The summed E-state index contributed by atoms with van der Waals surface area (Å²) in [4.78, 5) is 16.3. The second-order valence-electron chi connectivity index (χ2n) is 4.65. The Kier molecular flexibility index (Phi) is 2.66. The Morgan fingerprint density at radius 2 is 2.22 bits per heavy atom. The molecule has 0 radical (unpaired) electrons. The molecule has 3 rings (SSSR count). The fourth-order valence-electron chi connectivity index (χ4n) is 2.04. The van der Waals surface area contributed by atoms with E-state index in [1.165, 1.54) is 0 Å². The maximum Gasteiger partial charge on any atom is 0.328 e. The molecule has 0 amide bonds. The van der Waals surface area contributed by atoms with Gasteiger partial charge in [-0.1, -0.05) is 6.07 Å². The van der Waals surface area contributed by atoms with Crippen LogP contribution in [-0.2, 0) is 6.54 Å². The summed E-state index contributed by atoms with van der Waals surface area (Å²) in [5.41, 5.74) is 1.11. The molecule has 0 aromatic carbocycles. The second kappa shape index (κ2) is 4.33. The summed E-state index contributed by atoms with van der Waals surface area (Å²) >= 11 is 0. The number of pyridine rings is 1. The van der Waals surface area contributed by atoms with Crippen molar-refractivity contribution in [1.82, 2.24) is 14.1 Å². The zero-order chi connectivity index (χ0) is 12.5. The van der Waals surface area contributed by atoms with E-state index < -0.39 is 0 Å². The lowest BCUT2D eigenvalue weighted by atomic mass is 10.3. The van der Waals surface area contributed by atoms with Gasteiger partial charge in [-0.2, -0.15) is 0 Å². The molecule has 5 heteroatoms. The lowest BCUT2D eigenvalue weighted by Gasteiger charge is -2.03. The number of nitrogens with zero attached hydrogens (tertiary/aromatic N) is 3. The molecular weight excluding hydrogens is 228 g/mol. The van der Waals surface area contributed by atoms with Gasteiger partial charge in [-0.15, -0.1) is 0 Å². The minimum absolute atomic E-state index is 0.0789. The predicted octanol–water partition coefficient (Wildman–Crippen LogP) is 1.47. The van der Waals surface area contributed by atoms with E-state index in [1.54, 1.807) is 10.8 Å². The summed E-state index contributed by atoms with van der Waals surface area (Å²) in [6.45, 7) is 0.579. The Bertz CT molecular complexity index is 592. The fraction of sp³-hybridized carbons (Fsp3) is 0.385. The molecule has 0 unspecified atom stereocenters. The molecule has 1 aliphatic carbocycles. The van der Waals surface area contributed by atoms with E-state index in [4.69, 9.17) is 0 Å². The van der Waals surface area contributed by atoms with E-state index in [1.807, 2.05) is 36.1 Å². The lowest BCUT2D eigenvalue weighted by molar-refractivity contribution is 0.655. The van der Waals surface area contributed by atoms with Crippen LogP contribution in [-0.4, -0.2) is 21.2 Å². The van der Waals surface area contributed by atoms with E-state index in [2.05, 4.69) is 10.3 Å². The number of aromatic nitrogens is 3. The van der Waals surface area contributed by atoms with Crippen molar-refractivity contribution in [1.29, 1.82) is 0 Å². The molecule has 2 aromatic rings. The topological polar surface area (TPSA) is 51.9 Å². The summed E-state index contributed by atoms with van der Waals surface area (Å²) < 4.78 is 3.56. The van der Waals surface area contributed by atoms with Crippen molar-refractivity contribution in [3.63, 3.8) is 0 Å². The first-order chi connectivity index (χ1) is 8.78. The quantitative estimate of drug-likeness (QED) is 0.886. The average Bonchev–Trinajstić information content (AvgIpc) is 3.17. The van der Waals surface area contributed by atoms with Crippen LogP contribution in [0.2, 0.25) is 0 Å². The van der Waals surface area contributed by atoms with Crippen molar-refractivity contribution < 1.29 is 0 Å². The van der Waals surface area contributed by atoms with E-state index in [-0.39, 0.29) is 5.69 Å². The Hall–Kier alpha value is -2.04. The summed E-state index contributed by atoms with van der Waals surface area (Å²) in [5, 5.41) is 2.97. The van der Waals surface area contributed by atoms with E-state index in [0.717, 1.165) is 24.2 Å². The van der Waals surface area contributed by atoms with Crippen molar-refractivity contribution in [2.75, 3.05) is 12.4 Å². The van der Waals surface area contributed by atoms with Gasteiger partial charge in [0.2, 0.25) is 0 Å². The molecule has 1 fully saturated rings. The molecule has 94 valence electrons. The van der Waals surface area contributed by atoms with Crippen molar-refractivity contribution in [2.45, 2.75) is 25.4 Å². The minimum atomic E-state index is 0.0789. The molecule has 0 saturated heterocycles. The van der Waals surface area contributed by atoms with Gasteiger partial charge in [0.25, 0.3) is 0 Å². The van der Waals surface area contributed by atoms with Crippen molar-refractivity contribution >= 4 is 5.82 Å². The molecule has 1 saturated carbocycles. The normalized spacial score (nSPS) is 14.7. The Morgan fingerprint density at radius 3 is 2.83 bits per heavy atom. The van der Waals surface area contributed by atoms with Crippen LogP contribution in [0.25, 0.3) is 0 Å². The highest BCUT2D eigenvalue weighted by Crippen LogP contribution is 2.33. The van der Waals surface area contributed by atoms with Gasteiger partial charge in [0.15, 0.2) is 0 Å². The summed E-state index contributed by atoms with van der Waals surface area (Å²) in [6.07, 6.45) is 7.79. The molecule has 18 heavy (non-hydrogen) atoms. The standard InChI is InChI=1S/C13H16N4O/c1-14-12-5-2-10(8-15-12)9-16-6-7-17(13(16)18)11-3-4-11/h2,5-8,11H,3-4,9H2,1H3,(H,14,15). The number of hydrogen-bond acceptors (Lipinski definition) is 3. The Labute approximate surface area is 105 Å². The summed E-state index contributed by atoms with van der Waals surface area (Å²) in [7, 11) is 1.84. The average molecular weight is 244 g/mol. The minimum Gasteiger partial charge on any atom is -0.373 e. The predicted molar refractivity (Wildman–Crippen MR) is 69.8 cm³/mol. The number of rotatable bonds is 4. The number of anilines is 1. The van der Waals surface area contributed by atoms with Gasteiger partial charge in [-0.25, -0.2) is 9.78 Å². The van der Waals surface area contributed by atoms with Crippen molar-refractivity contribution in [2.24, 2.45) is 0 Å². The van der Waals surface area contributed by atoms with Crippen LogP contribution in [0.4, 0.5) is 5.82 Å². The number of hydrogen-bond donors (Lipinski definition) is 1. The van der Waals surface area contributed by atoms with Crippen LogP contribution in [0.5, 0.6) is 0 Å². The van der Waals surface area contributed by atoms with Crippen LogP contribution in [0, 0.1) is 0 Å². The zero-order valence-electron chi connectivity index (χ0n) is 10.3. The van der Waals surface area contributed by atoms with Gasteiger partial charge in [0, 0.05) is 31.7 Å². The molecule has 2 aromatic heterocycles. The van der Waals surface area contributed by atoms with Gasteiger partial charge in [0.1, 0.15) is 5.82 Å². The maximum absolute atomic E-state index is 12.1. The zero-order valence-corrected chi connectivity index (χ0v) is 10.3. The molecule has 0 aliphatic heterocycles. The van der Waals surface area contributed by atoms with Crippen LogP contribution in [0.15, 0.2) is 35.5 Å². The highest BCUT2D eigenvalue weighted by atomic mass is 16.1. The van der Waals surface area contributed by atoms with Gasteiger partial charge in [-0.3, -0.25) is 9.13 Å². The smallest absolute Gasteiger partial charge is 0.328 e. The van der Waals surface area contributed by atoms with Crippen LogP contribution >= 0.6 is 0 Å². The van der Waals surface area contributed by atoms with Crippen LogP contribution in [0.3, 0.4) is 0 Å². The highest BCUT2D eigenvalue weighted by Gasteiger charge is 2.25. The molecular formula is C13H16N4O. The first kappa shape index (κ1) is 11.1. The Balaban J connectivity index is 1.81. The number of imidazole rings is 1. The molecule has 0 spiro atoms. The lowest BCUT2D eigenvalue weighted by Crippen LogP contribution is -2.23. The first-order valence-corrected chi connectivity index (χ1v) is 6.18. The Morgan fingerprint density at radius 1 is 1.39 bits per heavy atom. The first-order valence-electron chi connectivity index (χ1n) is 6.18. The fourth-order valence-corrected chi connectivity index (χ4v) is 2.04. The maximum atomic E-state index is 12.1. The van der Waals surface area contributed by atoms with E-state index in [9.17, 15) is 4.79 Å².